The van der Waals surface area contributed by atoms with Crippen LogP contribution in [0.4, 0.5) is 0 Å². The predicted octanol–water partition coefficient (Wildman–Crippen LogP) is 4.59. The summed E-state index contributed by atoms with van der Waals surface area (Å²) in [4.78, 5) is 7.90. The maximum Gasteiger partial charge on any atom is 0.156 e. The lowest BCUT2D eigenvalue weighted by molar-refractivity contribution is 0.475. The summed E-state index contributed by atoms with van der Waals surface area (Å²) in [6, 6.07) is 12.9. The number of phenols is 1. The first-order valence-electron chi connectivity index (χ1n) is 7.22. The zero-order valence-electron chi connectivity index (χ0n) is 12.4. The third kappa shape index (κ3) is 2.28. The van der Waals surface area contributed by atoms with Crippen molar-refractivity contribution in [3.8, 4) is 28.4 Å². The number of rotatable bonds is 2. The standard InChI is InChI=1S/C18H14ClN3O/c1-22-9-8-20-18(22)17-16(11-2-5-13(23)6-3-11)14-10-12(19)4-7-15(14)21-17/h2-10,21,23H,1H3. The summed E-state index contributed by atoms with van der Waals surface area (Å²) in [5.41, 5.74) is 3.95. The molecule has 0 atom stereocenters. The number of hydrogen-bond acceptors (Lipinski definition) is 2. The second-order valence-electron chi connectivity index (χ2n) is 5.47. The van der Waals surface area contributed by atoms with Gasteiger partial charge in [0, 0.05) is 40.9 Å². The van der Waals surface area contributed by atoms with Gasteiger partial charge in [-0.1, -0.05) is 23.7 Å². The number of H-pyrrole nitrogens is 1. The number of hydrogen-bond donors (Lipinski definition) is 2. The summed E-state index contributed by atoms with van der Waals surface area (Å²) < 4.78 is 1.97. The summed E-state index contributed by atoms with van der Waals surface area (Å²) in [6.45, 7) is 0. The Kier molecular flexibility index (Phi) is 3.13. The van der Waals surface area contributed by atoms with Crippen LogP contribution in [0.15, 0.2) is 54.9 Å². The predicted molar refractivity (Wildman–Crippen MR) is 92.6 cm³/mol. The minimum Gasteiger partial charge on any atom is -0.508 e. The third-order valence-electron chi connectivity index (χ3n) is 3.96. The molecule has 4 rings (SSSR count). The second-order valence-corrected chi connectivity index (χ2v) is 5.91. The van der Waals surface area contributed by atoms with E-state index >= 15 is 0 Å². The van der Waals surface area contributed by atoms with Crippen LogP contribution in [0, 0.1) is 0 Å². The summed E-state index contributed by atoms with van der Waals surface area (Å²) in [5.74, 6) is 1.09. The number of aryl methyl sites for hydroxylation is 1. The van der Waals surface area contributed by atoms with Crippen LogP contribution in [0.25, 0.3) is 33.5 Å². The van der Waals surface area contributed by atoms with Gasteiger partial charge in [0.15, 0.2) is 5.82 Å². The summed E-state index contributed by atoms with van der Waals surface area (Å²) in [7, 11) is 1.96. The van der Waals surface area contributed by atoms with Gasteiger partial charge in [-0.2, -0.15) is 0 Å². The molecule has 0 saturated heterocycles. The van der Waals surface area contributed by atoms with Crippen molar-refractivity contribution in [2.75, 3.05) is 0 Å². The molecule has 0 amide bonds. The molecule has 4 aromatic rings. The molecular formula is C18H14ClN3O. The van der Waals surface area contributed by atoms with E-state index in [-0.39, 0.29) is 5.75 Å². The number of aromatic amines is 1. The van der Waals surface area contributed by atoms with Crippen LogP contribution in [0.3, 0.4) is 0 Å². The van der Waals surface area contributed by atoms with Crippen LogP contribution in [-0.4, -0.2) is 19.6 Å². The summed E-state index contributed by atoms with van der Waals surface area (Å²) in [5, 5.41) is 11.3. The lowest BCUT2D eigenvalue weighted by atomic mass is 10.0. The molecule has 2 N–H and O–H groups in total. The van der Waals surface area contributed by atoms with Crippen molar-refractivity contribution in [1.29, 1.82) is 0 Å². The Morgan fingerprint density at radius 2 is 1.91 bits per heavy atom. The van der Waals surface area contributed by atoms with Crippen molar-refractivity contribution in [2.24, 2.45) is 7.05 Å². The Labute approximate surface area is 138 Å². The Morgan fingerprint density at radius 3 is 2.61 bits per heavy atom. The number of nitrogens with zero attached hydrogens (tertiary/aromatic N) is 2. The number of aromatic nitrogens is 3. The quantitative estimate of drug-likeness (QED) is 0.566. The highest BCUT2D eigenvalue weighted by Crippen LogP contribution is 2.38. The highest BCUT2D eigenvalue weighted by molar-refractivity contribution is 6.31. The van der Waals surface area contributed by atoms with Crippen LogP contribution in [0.5, 0.6) is 5.75 Å². The molecule has 0 unspecified atom stereocenters. The number of nitrogens with one attached hydrogen (secondary N) is 1. The van der Waals surface area contributed by atoms with Crippen molar-refractivity contribution in [2.45, 2.75) is 0 Å². The number of imidazole rings is 1. The first kappa shape index (κ1) is 13.9. The van der Waals surface area contributed by atoms with E-state index in [4.69, 9.17) is 11.6 Å². The van der Waals surface area contributed by atoms with Gasteiger partial charge >= 0.3 is 0 Å². The summed E-state index contributed by atoms with van der Waals surface area (Å²) in [6.07, 6.45) is 3.68. The molecule has 2 heterocycles. The van der Waals surface area contributed by atoms with Crippen LogP contribution < -0.4 is 0 Å². The highest BCUT2D eigenvalue weighted by Gasteiger charge is 2.18. The monoisotopic (exact) mass is 323 g/mol. The first-order valence-corrected chi connectivity index (χ1v) is 7.59. The molecule has 0 aliphatic heterocycles. The Balaban J connectivity index is 2.08. The SMILES string of the molecule is Cn1ccnc1-c1[nH]c2ccc(Cl)cc2c1-c1ccc(O)cc1. The second kappa shape index (κ2) is 5.18. The lowest BCUT2D eigenvalue weighted by Crippen LogP contribution is -1.93. The minimum atomic E-state index is 0.241. The average Bonchev–Trinajstić information content (AvgIpc) is 3.11. The molecule has 0 spiro atoms. The molecule has 4 nitrogen and oxygen atoms in total. The smallest absolute Gasteiger partial charge is 0.156 e. The fourth-order valence-corrected chi connectivity index (χ4v) is 3.04. The Hall–Kier alpha value is -2.72. The zero-order chi connectivity index (χ0) is 16.0. The van der Waals surface area contributed by atoms with E-state index in [1.165, 1.54) is 0 Å². The normalized spacial score (nSPS) is 11.2. The van der Waals surface area contributed by atoms with E-state index in [0.29, 0.717) is 5.02 Å². The fourth-order valence-electron chi connectivity index (χ4n) is 2.87. The summed E-state index contributed by atoms with van der Waals surface area (Å²) >= 11 is 6.19. The number of benzene rings is 2. The van der Waals surface area contributed by atoms with Crippen molar-refractivity contribution < 1.29 is 5.11 Å². The maximum absolute atomic E-state index is 9.56. The zero-order valence-corrected chi connectivity index (χ0v) is 13.2. The molecule has 114 valence electrons. The van der Waals surface area contributed by atoms with Gasteiger partial charge in [-0.15, -0.1) is 0 Å². The highest BCUT2D eigenvalue weighted by atomic mass is 35.5. The molecular weight excluding hydrogens is 310 g/mol. The number of phenolic OH excluding ortho intramolecular Hbond substituents is 1. The maximum atomic E-state index is 9.56. The van der Waals surface area contributed by atoms with Gasteiger partial charge in [0.05, 0.1) is 5.69 Å². The molecule has 0 aliphatic rings. The van der Waals surface area contributed by atoms with E-state index in [1.54, 1.807) is 18.3 Å². The van der Waals surface area contributed by atoms with Gasteiger partial charge in [-0.05, 0) is 35.9 Å². The van der Waals surface area contributed by atoms with E-state index in [9.17, 15) is 5.11 Å². The van der Waals surface area contributed by atoms with Gasteiger partial charge in [0.25, 0.3) is 0 Å². The molecule has 5 heteroatoms. The van der Waals surface area contributed by atoms with Gasteiger partial charge in [-0.3, -0.25) is 0 Å². The molecule has 2 aromatic heterocycles. The number of fused-ring (bicyclic) bond motifs is 1. The van der Waals surface area contributed by atoms with E-state index < -0.39 is 0 Å². The Bertz CT molecular complexity index is 999. The lowest BCUT2D eigenvalue weighted by Gasteiger charge is -2.06. The van der Waals surface area contributed by atoms with Crippen molar-refractivity contribution in [1.82, 2.24) is 14.5 Å². The van der Waals surface area contributed by atoms with Crippen molar-refractivity contribution >= 4 is 22.5 Å². The van der Waals surface area contributed by atoms with Crippen LogP contribution in [0.2, 0.25) is 5.02 Å². The molecule has 0 saturated carbocycles. The molecule has 2 aromatic carbocycles. The third-order valence-corrected chi connectivity index (χ3v) is 4.20. The average molecular weight is 324 g/mol. The van der Waals surface area contributed by atoms with Crippen LogP contribution in [0.1, 0.15) is 0 Å². The van der Waals surface area contributed by atoms with E-state index in [0.717, 1.165) is 33.5 Å². The minimum absolute atomic E-state index is 0.241. The van der Waals surface area contributed by atoms with E-state index in [2.05, 4.69) is 9.97 Å². The largest absolute Gasteiger partial charge is 0.508 e. The molecule has 0 bridgehead atoms. The van der Waals surface area contributed by atoms with Gasteiger partial charge < -0.3 is 14.7 Å². The van der Waals surface area contributed by atoms with Gasteiger partial charge in [0.2, 0.25) is 0 Å². The molecule has 0 fully saturated rings. The van der Waals surface area contributed by atoms with E-state index in [1.807, 2.05) is 48.1 Å². The topological polar surface area (TPSA) is 53.8 Å². The van der Waals surface area contributed by atoms with Gasteiger partial charge in [0.1, 0.15) is 5.75 Å². The molecule has 23 heavy (non-hydrogen) atoms. The molecule has 0 radical (unpaired) electrons. The Morgan fingerprint density at radius 1 is 1.13 bits per heavy atom. The first-order chi connectivity index (χ1) is 11.1. The van der Waals surface area contributed by atoms with Crippen LogP contribution in [-0.2, 0) is 7.05 Å². The number of aromatic hydroxyl groups is 1. The van der Waals surface area contributed by atoms with Gasteiger partial charge in [-0.25, -0.2) is 4.98 Å². The molecule has 0 aliphatic carbocycles. The van der Waals surface area contributed by atoms with Crippen LogP contribution >= 0.6 is 11.6 Å². The fraction of sp³-hybridized carbons (Fsp3) is 0.0556. The van der Waals surface area contributed by atoms with Crippen molar-refractivity contribution in [3.63, 3.8) is 0 Å². The number of halogens is 1. The van der Waals surface area contributed by atoms with Crippen molar-refractivity contribution in [3.05, 3.63) is 59.9 Å².